The van der Waals surface area contributed by atoms with E-state index in [4.69, 9.17) is 23.2 Å². The van der Waals surface area contributed by atoms with E-state index in [1.165, 1.54) is 30.5 Å². The fourth-order valence-corrected chi connectivity index (χ4v) is 1.68. The van der Waals surface area contributed by atoms with Gasteiger partial charge in [0, 0.05) is 16.2 Å². The largest absolute Gasteiger partial charge is 0.507 e. The number of aromatic nitrogens is 1. The van der Waals surface area contributed by atoms with Gasteiger partial charge in [-0.3, -0.25) is 4.79 Å². The number of hydrogen-bond acceptors (Lipinski definition) is 3. The molecule has 0 atom stereocenters. The van der Waals surface area contributed by atoms with Crippen LogP contribution in [-0.2, 0) is 0 Å². The standard InChI is InChI=1S/C12H8Cl2N2O2/c13-7-1-2-10(17)9(5-7)12(18)16-11-6-8(14)3-4-15-11/h1-6,17H,(H,15,16,18). The second-order valence-electron chi connectivity index (χ2n) is 3.47. The summed E-state index contributed by atoms with van der Waals surface area (Å²) in [6.45, 7) is 0. The zero-order valence-corrected chi connectivity index (χ0v) is 10.5. The van der Waals surface area contributed by atoms with Crippen LogP contribution in [0.4, 0.5) is 5.82 Å². The van der Waals surface area contributed by atoms with Crippen LogP contribution >= 0.6 is 23.2 Å². The van der Waals surface area contributed by atoms with E-state index in [9.17, 15) is 9.90 Å². The number of amides is 1. The number of halogens is 2. The third-order valence-corrected chi connectivity index (χ3v) is 2.64. The van der Waals surface area contributed by atoms with Gasteiger partial charge in [0.1, 0.15) is 11.6 Å². The molecule has 18 heavy (non-hydrogen) atoms. The van der Waals surface area contributed by atoms with Crippen LogP contribution in [0.25, 0.3) is 0 Å². The average molecular weight is 283 g/mol. The quantitative estimate of drug-likeness (QED) is 0.888. The summed E-state index contributed by atoms with van der Waals surface area (Å²) in [5.74, 6) is -0.365. The fraction of sp³-hybridized carbons (Fsp3) is 0. The van der Waals surface area contributed by atoms with Crippen LogP contribution in [0.2, 0.25) is 10.0 Å². The Hall–Kier alpha value is -1.78. The number of rotatable bonds is 2. The van der Waals surface area contributed by atoms with Crippen LogP contribution < -0.4 is 5.32 Å². The summed E-state index contributed by atoms with van der Waals surface area (Å²) in [5, 5.41) is 12.9. The number of phenolic OH excluding ortho intramolecular Hbond substituents is 1. The van der Waals surface area contributed by atoms with Gasteiger partial charge < -0.3 is 10.4 Å². The molecule has 0 radical (unpaired) electrons. The second kappa shape index (κ2) is 5.25. The Kier molecular flexibility index (Phi) is 3.69. The molecule has 1 aromatic heterocycles. The minimum atomic E-state index is -0.509. The number of pyridine rings is 1. The number of nitrogens with one attached hydrogen (secondary N) is 1. The Balaban J connectivity index is 2.24. The predicted octanol–water partition coefficient (Wildman–Crippen LogP) is 3.35. The van der Waals surface area contributed by atoms with Gasteiger partial charge in [-0.25, -0.2) is 4.98 Å². The van der Waals surface area contributed by atoms with Crippen LogP contribution in [-0.4, -0.2) is 16.0 Å². The van der Waals surface area contributed by atoms with Crippen molar-refractivity contribution in [1.29, 1.82) is 0 Å². The predicted molar refractivity (Wildman–Crippen MR) is 70.3 cm³/mol. The molecular weight excluding hydrogens is 275 g/mol. The maximum Gasteiger partial charge on any atom is 0.260 e. The summed E-state index contributed by atoms with van der Waals surface area (Å²) in [5.41, 5.74) is 0.0734. The van der Waals surface area contributed by atoms with Crippen molar-refractivity contribution in [2.24, 2.45) is 0 Å². The Morgan fingerprint density at radius 1 is 1.17 bits per heavy atom. The fourth-order valence-electron chi connectivity index (χ4n) is 1.35. The summed E-state index contributed by atoms with van der Waals surface area (Å²) >= 11 is 11.5. The van der Waals surface area contributed by atoms with Crippen molar-refractivity contribution in [3.8, 4) is 5.75 Å². The number of benzene rings is 1. The molecule has 0 unspecified atom stereocenters. The van der Waals surface area contributed by atoms with E-state index in [2.05, 4.69) is 10.3 Å². The number of nitrogens with zero attached hydrogens (tertiary/aromatic N) is 1. The molecule has 1 heterocycles. The molecule has 92 valence electrons. The highest BCUT2D eigenvalue weighted by Crippen LogP contribution is 2.22. The zero-order chi connectivity index (χ0) is 13.1. The lowest BCUT2D eigenvalue weighted by Crippen LogP contribution is -2.13. The molecular formula is C12H8Cl2N2O2. The molecule has 0 aliphatic heterocycles. The van der Waals surface area contributed by atoms with Crippen LogP contribution in [0.15, 0.2) is 36.5 Å². The molecule has 6 heteroatoms. The Bertz CT molecular complexity index is 602. The summed E-state index contributed by atoms with van der Waals surface area (Å²) < 4.78 is 0. The van der Waals surface area contributed by atoms with Gasteiger partial charge in [-0.1, -0.05) is 23.2 Å². The van der Waals surface area contributed by atoms with E-state index in [-0.39, 0.29) is 11.3 Å². The molecule has 0 spiro atoms. The number of anilines is 1. The molecule has 0 aliphatic rings. The topological polar surface area (TPSA) is 62.2 Å². The van der Waals surface area contributed by atoms with E-state index >= 15 is 0 Å². The van der Waals surface area contributed by atoms with Crippen molar-refractivity contribution in [1.82, 2.24) is 4.98 Å². The highest BCUT2D eigenvalue weighted by atomic mass is 35.5. The van der Waals surface area contributed by atoms with E-state index < -0.39 is 5.91 Å². The van der Waals surface area contributed by atoms with Gasteiger partial charge >= 0.3 is 0 Å². The first-order valence-corrected chi connectivity index (χ1v) is 5.73. The molecule has 1 aromatic carbocycles. The van der Waals surface area contributed by atoms with Crippen molar-refractivity contribution >= 4 is 34.9 Å². The zero-order valence-electron chi connectivity index (χ0n) is 9.02. The molecule has 0 bridgehead atoms. The van der Waals surface area contributed by atoms with Gasteiger partial charge in [0.2, 0.25) is 0 Å². The number of phenols is 1. The lowest BCUT2D eigenvalue weighted by Gasteiger charge is -2.06. The number of hydrogen-bond donors (Lipinski definition) is 2. The van der Waals surface area contributed by atoms with Crippen LogP contribution in [0, 0.1) is 0 Å². The van der Waals surface area contributed by atoms with E-state index in [1.807, 2.05) is 0 Å². The smallest absolute Gasteiger partial charge is 0.260 e. The van der Waals surface area contributed by atoms with Gasteiger partial charge in [-0.05, 0) is 30.3 Å². The Morgan fingerprint density at radius 3 is 2.61 bits per heavy atom. The van der Waals surface area contributed by atoms with E-state index in [0.717, 1.165) is 0 Å². The SMILES string of the molecule is O=C(Nc1cc(Cl)ccn1)c1cc(Cl)ccc1O. The van der Waals surface area contributed by atoms with Gasteiger partial charge in [-0.2, -0.15) is 0 Å². The maximum absolute atomic E-state index is 11.9. The van der Waals surface area contributed by atoms with Crippen LogP contribution in [0.1, 0.15) is 10.4 Å². The van der Waals surface area contributed by atoms with Crippen LogP contribution in [0.5, 0.6) is 5.75 Å². The van der Waals surface area contributed by atoms with Crippen molar-refractivity contribution in [3.05, 3.63) is 52.1 Å². The van der Waals surface area contributed by atoms with Crippen molar-refractivity contribution < 1.29 is 9.90 Å². The van der Waals surface area contributed by atoms with Gasteiger partial charge in [-0.15, -0.1) is 0 Å². The van der Waals surface area contributed by atoms with E-state index in [1.54, 1.807) is 6.07 Å². The third kappa shape index (κ3) is 2.91. The summed E-state index contributed by atoms with van der Waals surface area (Å²) in [6.07, 6.45) is 1.47. The van der Waals surface area contributed by atoms with Gasteiger partial charge in [0.25, 0.3) is 5.91 Å². The molecule has 0 saturated heterocycles. The van der Waals surface area contributed by atoms with Gasteiger partial charge in [0.15, 0.2) is 0 Å². The molecule has 2 N–H and O–H groups in total. The lowest BCUT2D eigenvalue weighted by atomic mass is 10.2. The first-order valence-electron chi connectivity index (χ1n) is 4.97. The Labute approximate surface area is 113 Å². The molecule has 0 saturated carbocycles. The van der Waals surface area contributed by atoms with Crippen LogP contribution in [0.3, 0.4) is 0 Å². The van der Waals surface area contributed by atoms with Gasteiger partial charge in [0.05, 0.1) is 5.56 Å². The van der Waals surface area contributed by atoms with Crippen molar-refractivity contribution in [2.45, 2.75) is 0 Å². The summed E-state index contributed by atoms with van der Waals surface area (Å²) in [6, 6.07) is 7.31. The maximum atomic E-state index is 11.9. The number of carbonyl (C=O) groups is 1. The van der Waals surface area contributed by atoms with Crippen molar-refractivity contribution in [3.63, 3.8) is 0 Å². The Morgan fingerprint density at radius 2 is 1.89 bits per heavy atom. The molecule has 4 nitrogen and oxygen atoms in total. The summed E-state index contributed by atoms with van der Waals surface area (Å²) in [7, 11) is 0. The number of aromatic hydroxyl groups is 1. The minimum absolute atomic E-state index is 0.0734. The molecule has 0 aliphatic carbocycles. The lowest BCUT2D eigenvalue weighted by molar-refractivity contribution is 0.102. The first-order chi connectivity index (χ1) is 8.56. The number of carbonyl (C=O) groups excluding carboxylic acids is 1. The van der Waals surface area contributed by atoms with E-state index in [0.29, 0.717) is 15.9 Å². The average Bonchev–Trinajstić information content (AvgIpc) is 2.32. The molecule has 1 amide bonds. The normalized spacial score (nSPS) is 10.1. The monoisotopic (exact) mass is 282 g/mol. The first kappa shape index (κ1) is 12.7. The molecule has 2 rings (SSSR count). The molecule has 0 fully saturated rings. The third-order valence-electron chi connectivity index (χ3n) is 2.17. The highest BCUT2D eigenvalue weighted by Gasteiger charge is 2.12. The minimum Gasteiger partial charge on any atom is -0.507 e. The second-order valence-corrected chi connectivity index (χ2v) is 4.35. The van der Waals surface area contributed by atoms with Crippen molar-refractivity contribution in [2.75, 3.05) is 5.32 Å². The summed E-state index contributed by atoms with van der Waals surface area (Å²) in [4.78, 5) is 15.8. The highest BCUT2D eigenvalue weighted by molar-refractivity contribution is 6.31. The molecule has 2 aromatic rings.